The van der Waals surface area contributed by atoms with Crippen LogP contribution in [0.2, 0.25) is 0 Å². The second-order valence-corrected chi connectivity index (χ2v) is 6.43. The van der Waals surface area contributed by atoms with Crippen molar-refractivity contribution in [1.82, 2.24) is 4.57 Å². The molecule has 0 radical (unpaired) electrons. The molecular weight excluding hydrogens is 279 g/mol. The van der Waals surface area contributed by atoms with Crippen molar-refractivity contribution < 1.29 is 17.9 Å². The monoisotopic (exact) mass is 299 g/mol. The summed E-state index contributed by atoms with van der Waals surface area (Å²) in [5, 5.41) is 0.501. The fourth-order valence-electron chi connectivity index (χ4n) is 2.20. The van der Waals surface area contributed by atoms with Gasteiger partial charge >= 0.3 is 6.18 Å². The van der Waals surface area contributed by atoms with Gasteiger partial charge in [0.1, 0.15) is 11.4 Å². The minimum Gasteiger partial charge on any atom is -0.493 e. The molecule has 5 heteroatoms. The lowest BCUT2D eigenvalue weighted by atomic mass is 9.93. The van der Waals surface area contributed by atoms with Gasteiger partial charge in [-0.1, -0.05) is 26.8 Å². The van der Waals surface area contributed by atoms with Crippen LogP contribution in [0.3, 0.4) is 0 Å². The predicted octanol–water partition coefficient (Wildman–Crippen LogP) is 5.01. The largest absolute Gasteiger partial charge is 0.493 e. The molecule has 1 aromatic carbocycles. The van der Waals surface area contributed by atoms with E-state index in [2.05, 4.69) is 20.8 Å². The molecule has 116 valence electrons. The number of fused-ring (bicyclic) bond motifs is 1. The Hall–Kier alpha value is -1.65. The van der Waals surface area contributed by atoms with Gasteiger partial charge in [0.2, 0.25) is 0 Å². The van der Waals surface area contributed by atoms with E-state index in [0.29, 0.717) is 23.3 Å². The third-order valence-electron chi connectivity index (χ3n) is 3.45. The zero-order valence-corrected chi connectivity index (χ0v) is 12.7. The van der Waals surface area contributed by atoms with Crippen LogP contribution < -0.4 is 4.74 Å². The summed E-state index contributed by atoms with van der Waals surface area (Å²) in [6.07, 6.45) is -3.53. The van der Waals surface area contributed by atoms with Gasteiger partial charge in [0.05, 0.1) is 12.1 Å². The van der Waals surface area contributed by atoms with Gasteiger partial charge in [-0.15, -0.1) is 0 Å². The topological polar surface area (TPSA) is 14.2 Å². The number of alkyl halides is 3. The first kappa shape index (κ1) is 15.7. The second kappa shape index (κ2) is 5.28. The normalized spacial score (nSPS) is 12.9. The second-order valence-electron chi connectivity index (χ2n) is 6.43. The highest BCUT2D eigenvalue weighted by atomic mass is 19.4. The Morgan fingerprint density at radius 1 is 1.14 bits per heavy atom. The van der Waals surface area contributed by atoms with E-state index in [-0.39, 0.29) is 5.41 Å². The smallest absolute Gasteiger partial charge is 0.431 e. The predicted molar refractivity (Wildman–Crippen MR) is 77.5 cm³/mol. The SMILES string of the molecule is Cn1c(C(F)(F)F)cc2c(OCCC(C)(C)C)cccc21. The standard InChI is InChI=1S/C16H20F3NO/c1-15(2,3)8-9-21-13-7-5-6-12-11(13)10-14(20(12)4)16(17,18)19/h5-7,10H,8-9H2,1-4H3. The van der Waals surface area contributed by atoms with Crippen LogP contribution in [0.25, 0.3) is 10.9 Å². The molecule has 0 aliphatic heterocycles. The van der Waals surface area contributed by atoms with Crippen molar-refractivity contribution >= 4 is 10.9 Å². The molecule has 1 heterocycles. The van der Waals surface area contributed by atoms with E-state index in [1.807, 2.05) is 0 Å². The number of hydrogen-bond donors (Lipinski definition) is 0. The van der Waals surface area contributed by atoms with E-state index in [1.165, 1.54) is 7.05 Å². The highest BCUT2D eigenvalue weighted by Gasteiger charge is 2.34. The lowest BCUT2D eigenvalue weighted by molar-refractivity contribution is -0.142. The molecule has 0 saturated carbocycles. The molecule has 21 heavy (non-hydrogen) atoms. The summed E-state index contributed by atoms with van der Waals surface area (Å²) in [7, 11) is 1.42. The Bertz CT molecular complexity index is 635. The molecular formula is C16H20F3NO. The lowest BCUT2D eigenvalue weighted by Crippen LogP contribution is -2.11. The molecule has 1 aromatic heterocycles. The van der Waals surface area contributed by atoms with Crippen molar-refractivity contribution in [3.05, 3.63) is 30.0 Å². The molecule has 2 aromatic rings. The Kier molecular flexibility index (Phi) is 3.95. The van der Waals surface area contributed by atoms with Crippen molar-refractivity contribution in [1.29, 1.82) is 0 Å². The Labute approximate surface area is 122 Å². The van der Waals surface area contributed by atoms with Crippen molar-refractivity contribution in [2.45, 2.75) is 33.4 Å². The summed E-state index contributed by atoms with van der Waals surface area (Å²) in [6.45, 7) is 6.78. The number of aromatic nitrogens is 1. The fourth-order valence-corrected chi connectivity index (χ4v) is 2.20. The molecule has 2 rings (SSSR count). The zero-order chi connectivity index (χ0) is 15.8. The van der Waals surface area contributed by atoms with E-state index >= 15 is 0 Å². The number of ether oxygens (including phenoxy) is 1. The van der Waals surface area contributed by atoms with Crippen LogP contribution in [0.15, 0.2) is 24.3 Å². The summed E-state index contributed by atoms with van der Waals surface area (Å²) in [5.41, 5.74) is -0.0122. The van der Waals surface area contributed by atoms with Crippen molar-refractivity contribution in [2.24, 2.45) is 12.5 Å². The van der Waals surface area contributed by atoms with E-state index < -0.39 is 11.9 Å². The van der Waals surface area contributed by atoms with E-state index in [9.17, 15) is 13.2 Å². The summed E-state index contributed by atoms with van der Waals surface area (Å²) in [4.78, 5) is 0. The minimum atomic E-state index is -4.36. The number of nitrogens with zero attached hydrogens (tertiary/aromatic N) is 1. The molecule has 0 amide bonds. The molecule has 0 fully saturated rings. The Morgan fingerprint density at radius 3 is 2.38 bits per heavy atom. The van der Waals surface area contributed by atoms with Crippen molar-refractivity contribution in [3.8, 4) is 5.75 Å². The number of halogens is 3. The quantitative estimate of drug-likeness (QED) is 0.777. The molecule has 0 unspecified atom stereocenters. The summed E-state index contributed by atoms with van der Waals surface area (Å²) < 4.78 is 45.8. The van der Waals surface area contributed by atoms with Gasteiger partial charge < -0.3 is 9.30 Å². The van der Waals surface area contributed by atoms with Gasteiger partial charge in [-0.2, -0.15) is 13.2 Å². The molecule has 2 nitrogen and oxygen atoms in total. The van der Waals surface area contributed by atoms with Gasteiger partial charge in [-0.3, -0.25) is 0 Å². The van der Waals surface area contributed by atoms with Crippen molar-refractivity contribution in [3.63, 3.8) is 0 Å². The van der Waals surface area contributed by atoms with Crippen molar-refractivity contribution in [2.75, 3.05) is 6.61 Å². The highest BCUT2D eigenvalue weighted by molar-refractivity contribution is 5.87. The maximum absolute atomic E-state index is 13.0. The molecule has 0 aliphatic carbocycles. The first-order chi connectivity index (χ1) is 9.59. The molecule has 0 bridgehead atoms. The van der Waals surface area contributed by atoms with Gasteiger partial charge in [-0.05, 0) is 30.0 Å². The zero-order valence-electron chi connectivity index (χ0n) is 12.7. The highest BCUT2D eigenvalue weighted by Crippen LogP contribution is 2.36. The van der Waals surface area contributed by atoms with E-state index in [4.69, 9.17) is 4.74 Å². The minimum absolute atomic E-state index is 0.127. The summed E-state index contributed by atoms with van der Waals surface area (Å²) in [6, 6.07) is 6.25. The molecule has 0 N–H and O–H groups in total. The van der Waals surface area contributed by atoms with E-state index in [0.717, 1.165) is 17.1 Å². The van der Waals surface area contributed by atoms with Crippen LogP contribution in [0.5, 0.6) is 5.75 Å². The Balaban J connectivity index is 2.33. The summed E-state index contributed by atoms with van der Waals surface area (Å²) in [5.74, 6) is 0.503. The van der Waals surface area contributed by atoms with Gasteiger partial charge in [0.25, 0.3) is 0 Å². The maximum atomic E-state index is 13.0. The van der Waals surface area contributed by atoms with Crippen LogP contribution in [-0.2, 0) is 13.2 Å². The average molecular weight is 299 g/mol. The van der Waals surface area contributed by atoms with Crippen LogP contribution in [0.1, 0.15) is 32.9 Å². The molecule has 0 atom stereocenters. The maximum Gasteiger partial charge on any atom is 0.431 e. The first-order valence-corrected chi connectivity index (χ1v) is 6.88. The number of rotatable bonds is 3. The fraction of sp³-hybridized carbons (Fsp3) is 0.500. The number of benzene rings is 1. The molecule has 0 saturated heterocycles. The third-order valence-corrected chi connectivity index (χ3v) is 3.45. The molecule has 0 spiro atoms. The van der Waals surface area contributed by atoms with E-state index in [1.54, 1.807) is 18.2 Å². The number of aryl methyl sites for hydroxylation is 1. The van der Waals surface area contributed by atoms with Gasteiger partial charge in [0, 0.05) is 12.4 Å². The van der Waals surface area contributed by atoms with Gasteiger partial charge in [-0.25, -0.2) is 0 Å². The van der Waals surface area contributed by atoms with Crippen LogP contribution in [0, 0.1) is 5.41 Å². The first-order valence-electron chi connectivity index (χ1n) is 6.88. The summed E-state index contributed by atoms with van der Waals surface area (Å²) >= 11 is 0. The number of hydrogen-bond acceptors (Lipinski definition) is 1. The van der Waals surface area contributed by atoms with Crippen LogP contribution in [0.4, 0.5) is 13.2 Å². The Morgan fingerprint density at radius 2 is 1.81 bits per heavy atom. The lowest BCUT2D eigenvalue weighted by Gasteiger charge is -2.18. The average Bonchev–Trinajstić information content (AvgIpc) is 2.66. The van der Waals surface area contributed by atoms with Crippen LogP contribution >= 0.6 is 0 Å². The van der Waals surface area contributed by atoms with Crippen LogP contribution in [-0.4, -0.2) is 11.2 Å². The molecule has 0 aliphatic rings. The third kappa shape index (κ3) is 3.52. The van der Waals surface area contributed by atoms with Gasteiger partial charge in [0.15, 0.2) is 0 Å².